The first-order valence-corrected chi connectivity index (χ1v) is 5.53. The number of hydrogen-bond donors (Lipinski definition) is 1. The summed E-state index contributed by atoms with van der Waals surface area (Å²) in [7, 11) is 1.62. The molecule has 1 aromatic rings. The van der Waals surface area contributed by atoms with Gasteiger partial charge in [0.1, 0.15) is 6.10 Å². The molecule has 0 aromatic heterocycles. The van der Waals surface area contributed by atoms with Gasteiger partial charge in [-0.25, -0.2) is 0 Å². The first-order chi connectivity index (χ1) is 7.24. The molecular weight excluding hydrogens is 260 g/mol. The lowest BCUT2D eigenvalue weighted by molar-refractivity contribution is 0.0126. The van der Waals surface area contributed by atoms with Crippen LogP contribution in [0.4, 0.5) is 0 Å². The van der Waals surface area contributed by atoms with Crippen molar-refractivity contribution in [2.24, 2.45) is 0 Å². The van der Waals surface area contributed by atoms with Crippen LogP contribution < -0.4 is 0 Å². The lowest BCUT2D eigenvalue weighted by atomic mass is 10.1. The van der Waals surface area contributed by atoms with Gasteiger partial charge >= 0.3 is 0 Å². The average molecular weight is 275 g/mol. The van der Waals surface area contributed by atoms with Gasteiger partial charge in [-0.3, -0.25) is 0 Å². The van der Waals surface area contributed by atoms with E-state index in [0.717, 1.165) is 10.0 Å². The molecule has 3 nitrogen and oxygen atoms in total. The minimum absolute atomic E-state index is 0.297. The highest BCUT2D eigenvalue weighted by molar-refractivity contribution is 9.10. The second-order valence-electron chi connectivity index (χ2n) is 3.14. The zero-order valence-corrected chi connectivity index (χ0v) is 10.2. The fourth-order valence-electron chi connectivity index (χ4n) is 1.12. The van der Waals surface area contributed by atoms with Crippen LogP contribution >= 0.6 is 15.9 Å². The van der Waals surface area contributed by atoms with Gasteiger partial charge in [0, 0.05) is 11.6 Å². The van der Waals surface area contributed by atoms with Crippen molar-refractivity contribution in [1.29, 1.82) is 0 Å². The highest BCUT2D eigenvalue weighted by atomic mass is 79.9. The van der Waals surface area contributed by atoms with Gasteiger partial charge in [0.25, 0.3) is 0 Å². The topological polar surface area (TPSA) is 38.7 Å². The summed E-state index contributed by atoms with van der Waals surface area (Å²) in [5.74, 6) is 0. The predicted octanol–water partition coefficient (Wildman–Crippen LogP) is 2.15. The summed E-state index contributed by atoms with van der Waals surface area (Å²) in [5.41, 5.74) is 0.857. The fraction of sp³-hybridized carbons (Fsp3) is 0.455. The zero-order valence-electron chi connectivity index (χ0n) is 8.65. The van der Waals surface area contributed by atoms with E-state index in [4.69, 9.17) is 9.47 Å². The van der Waals surface area contributed by atoms with Gasteiger partial charge in [-0.2, -0.15) is 0 Å². The van der Waals surface area contributed by atoms with E-state index < -0.39 is 6.10 Å². The van der Waals surface area contributed by atoms with Crippen molar-refractivity contribution < 1.29 is 14.6 Å². The van der Waals surface area contributed by atoms with E-state index in [1.165, 1.54) is 0 Å². The molecule has 0 amide bonds. The summed E-state index contributed by atoms with van der Waals surface area (Å²) in [4.78, 5) is 0. The van der Waals surface area contributed by atoms with Crippen molar-refractivity contribution in [2.75, 3.05) is 26.9 Å². The van der Waals surface area contributed by atoms with E-state index in [-0.39, 0.29) is 0 Å². The molecule has 1 atom stereocenters. The summed E-state index contributed by atoms with van der Waals surface area (Å²) < 4.78 is 11.1. The van der Waals surface area contributed by atoms with Crippen LogP contribution in [0.5, 0.6) is 0 Å². The summed E-state index contributed by atoms with van der Waals surface area (Å²) in [6.45, 7) is 1.35. The molecule has 0 bridgehead atoms. The van der Waals surface area contributed by atoms with Gasteiger partial charge in [0.15, 0.2) is 0 Å². The Labute approximate surface area is 98.1 Å². The second-order valence-corrected chi connectivity index (χ2v) is 4.05. The van der Waals surface area contributed by atoms with Gasteiger partial charge in [-0.15, -0.1) is 0 Å². The van der Waals surface area contributed by atoms with Gasteiger partial charge in [-0.05, 0) is 17.7 Å². The number of hydrogen-bond acceptors (Lipinski definition) is 3. The molecule has 4 heteroatoms. The molecule has 0 saturated carbocycles. The number of aliphatic hydroxyl groups excluding tert-OH is 1. The molecule has 0 spiro atoms. The maximum Gasteiger partial charge on any atom is 0.102 e. The summed E-state index contributed by atoms with van der Waals surface area (Å²) in [6, 6.07) is 7.53. The van der Waals surface area contributed by atoms with Crippen LogP contribution in [0.3, 0.4) is 0 Å². The number of halogens is 1. The molecule has 15 heavy (non-hydrogen) atoms. The maximum absolute atomic E-state index is 9.73. The largest absolute Gasteiger partial charge is 0.386 e. The lowest BCUT2D eigenvalue weighted by Crippen LogP contribution is -2.10. The third-order valence-corrected chi connectivity index (χ3v) is 2.49. The number of methoxy groups -OCH3 is 1. The number of benzene rings is 1. The Hall–Kier alpha value is -0.420. The Morgan fingerprint density at radius 2 is 1.93 bits per heavy atom. The molecule has 0 radical (unpaired) electrons. The normalized spacial score (nSPS) is 12.7. The van der Waals surface area contributed by atoms with Crippen LogP contribution in [-0.2, 0) is 9.47 Å². The molecule has 0 saturated heterocycles. The van der Waals surface area contributed by atoms with Crippen LogP contribution in [-0.4, -0.2) is 32.0 Å². The lowest BCUT2D eigenvalue weighted by Gasteiger charge is -2.11. The molecule has 1 rings (SSSR count). The van der Waals surface area contributed by atoms with Crippen LogP contribution in [0.25, 0.3) is 0 Å². The van der Waals surface area contributed by atoms with E-state index >= 15 is 0 Å². The molecule has 1 unspecified atom stereocenters. The standard InChI is InChI=1S/C11H15BrO3/c1-14-6-7-15-8-11(13)9-2-4-10(12)5-3-9/h2-5,11,13H,6-8H2,1H3. The van der Waals surface area contributed by atoms with Crippen molar-refractivity contribution in [3.8, 4) is 0 Å². The van der Waals surface area contributed by atoms with Crippen molar-refractivity contribution >= 4 is 15.9 Å². The fourth-order valence-corrected chi connectivity index (χ4v) is 1.38. The van der Waals surface area contributed by atoms with Crippen LogP contribution in [0.1, 0.15) is 11.7 Å². The Bertz CT molecular complexity index is 274. The third-order valence-electron chi connectivity index (χ3n) is 1.96. The zero-order chi connectivity index (χ0) is 11.1. The molecule has 0 aliphatic heterocycles. The van der Waals surface area contributed by atoms with Crippen molar-refractivity contribution in [1.82, 2.24) is 0 Å². The van der Waals surface area contributed by atoms with Crippen molar-refractivity contribution in [2.45, 2.75) is 6.10 Å². The Kier molecular flexibility index (Phi) is 5.86. The minimum atomic E-state index is -0.574. The summed E-state index contributed by atoms with van der Waals surface area (Å²) in [6.07, 6.45) is -0.574. The Morgan fingerprint density at radius 1 is 1.27 bits per heavy atom. The van der Waals surface area contributed by atoms with Gasteiger partial charge in [0.05, 0.1) is 19.8 Å². The molecular formula is C11H15BrO3. The average Bonchev–Trinajstić information content (AvgIpc) is 2.25. The second kappa shape index (κ2) is 6.95. The molecule has 0 aliphatic carbocycles. The highest BCUT2D eigenvalue weighted by Crippen LogP contribution is 2.16. The smallest absolute Gasteiger partial charge is 0.102 e. The van der Waals surface area contributed by atoms with Crippen LogP contribution in [0.15, 0.2) is 28.7 Å². The van der Waals surface area contributed by atoms with Crippen molar-refractivity contribution in [3.05, 3.63) is 34.3 Å². The highest BCUT2D eigenvalue weighted by Gasteiger charge is 2.06. The van der Waals surface area contributed by atoms with Crippen LogP contribution in [0, 0.1) is 0 Å². The molecule has 0 fully saturated rings. The van der Waals surface area contributed by atoms with Crippen LogP contribution in [0.2, 0.25) is 0 Å². The molecule has 1 aromatic carbocycles. The first-order valence-electron chi connectivity index (χ1n) is 4.74. The summed E-state index contributed by atoms with van der Waals surface area (Å²) in [5, 5.41) is 9.73. The minimum Gasteiger partial charge on any atom is -0.386 e. The van der Waals surface area contributed by atoms with E-state index in [0.29, 0.717) is 19.8 Å². The van der Waals surface area contributed by atoms with Gasteiger partial charge < -0.3 is 14.6 Å². The van der Waals surface area contributed by atoms with Gasteiger partial charge in [0.2, 0.25) is 0 Å². The molecule has 1 N–H and O–H groups in total. The van der Waals surface area contributed by atoms with Crippen molar-refractivity contribution in [3.63, 3.8) is 0 Å². The third kappa shape index (κ3) is 4.75. The van der Waals surface area contributed by atoms with Gasteiger partial charge in [-0.1, -0.05) is 28.1 Å². The number of ether oxygens (including phenoxy) is 2. The summed E-state index contributed by atoms with van der Waals surface area (Å²) >= 11 is 3.34. The van der Waals surface area contributed by atoms with E-state index in [9.17, 15) is 5.11 Å². The molecule has 0 heterocycles. The monoisotopic (exact) mass is 274 g/mol. The SMILES string of the molecule is COCCOCC(O)c1ccc(Br)cc1. The quantitative estimate of drug-likeness (QED) is 0.808. The van der Waals surface area contributed by atoms with E-state index in [1.807, 2.05) is 24.3 Å². The molecule has 0 aliphatic rings. The number of aliphatic hydroxyl groups is 1. The Morgan fingerprint density at radius 3 is 2.53 bits per heavy atom. The molecule has 84 valence electrons. The predicted molar refractivity (Wildman–Crippen MR) is 61.8 cm³/mol. The maximum atomic E-state index is 9.73. The number of rotatable bonds is 6. The first kappa shape index (κ1) is 12.6. The Balaban J connectivity index is 2.33. The van der Waals surface area contributed by atoms with E-state index in [2.05, 4.69) is 15.9 Å². The van der Waals surface area contributed by atoms with E-state index in [1.54, 1.807) is 7.11 Å².